The number of methoxy groups -OCH3 is 2. The number of hydrogen-bond acceptors (Lipinski definition) is 11. The van der Waals surface area contributed by atoms with E-state index in [2.05, 4.69) is 306 Å². The van der Waals surface area contributed by atoms with Gasteiger partial charge in [-0.25, -0.2) is 0 Å². The summed E-state index contributed by atoms with van der Waals surface area (Å²) in [6.07, 6.45) is 14.3. The van der Waals surface area contributed by atoms with Crippen LogP contribution in [0.3, 0.4) is 0 Å². The number of hydrogen-bond donors (Lipinski definition) is 7. The normalized spacial score (nSPS) is 18.9. The minimum absolute atomic E-state index is 0.00337. The van der Waals surface area contributed by atoms with Gasteiger partial charge in [-0.05, 0) is 309 Å². The molecule has 19 rings (SSSR count). The lowest BCUT2D eigenvalue weighted by Crippen LogP contribution is -2.43. The third-order valence-electron chi connectivity index (χ3n) is 27.8. The number of benzene rings is 12. The summed E-state index contributed by atoms with van der Waals surface area (Å²) in [4.78, 5) is 2.21. The Kier molecular flexibility index (Phi) is 21.0. The van der Waals surface area contributed by atoms with E-state index >= 15 is 0 Å². The molecule has 3 saturated carbocycles. The van der Waals surface area contributed by atoms with E-state index in [1.165, 1.54) is 140 Å². The van der Waals surface area contributed by atoms with Crippen LogP contribution in [0.5, 0.6) is 28.7 Å². The molecule has 3 fully saturated rings. The van der Waals surface area contributed by atoms with Crippen LogP contribution in [-0.2, 0) is 45.5 Å². The van der Waals surface area contributed by atoms with Crippen LogP contribution in [0.25, 0.3) is 87.6 Å². The summed E-state index contributed by atoms with van der Waals surface area (Å²) in [6.45, 7) is 35.7. The van der Waals surface area contributed by atoms with E-state index in [-0.39, 0.29) is 60.8 Å². The van der Waals surface area contributed by atoms with Gasteiger partial charge in [0.1, 0.15) is 28.7 Å². The van der Waals surface area contributed by atoms with Gasteiger partial charge < -0.3 is 29.9 Å². The minimum atomic E-state index is -0.0968. The third-order valence-corrected chi connectivity index (χ3v) is 30.4. The van der Waals surface area contributed by atoms with Gasteiger partial charge in [-0.3, -0.25) is 0 Å². The number of aromatic hydroxyl groups is 3. The monoisotopic (exact) mass is 1650 g/mol. The summed E-state index contributed by atoms with van der Waals surface area (Å²) in [6, 6.07) is 61.2. The maximum atomic E-state index is 11.2. The number of fused-ring (bicyclic) bond motifs is 26. The lowest BCUT2D eigenvalue weighted by molar-refractivity contribution is 0.0641. The summed E-state index contributed by atoms with van der Waals surface area (Å²) >= 11 is 17.0. The standard InChI is InChI=1S/2C28H32O2S.C28H32OS2.C22H22OS/c1-26(2)14-27(3,4)16-28(15-26)21-9-7-6-8-18(21)25-20-10-17(13-31)24(30-5)11-19(20)23(29)12-22(25)28;1-26(2)14-27(3,4)16-28(15-26)21-9-7-6-8-18(21)25-20-10-17(13-29)24(31-5)11-19(20)23(30)12-22(25)28;1-26(2)14-27(3,4)16-28(15-26)21-9-7-6-8-18(21)25-20-10-17(13-30)24(31-5)11-19(20)23(29)12-22(25)28;1-13-9-19-21(15-7-5-6-8-18(15)22(19,2)3)17-10-14(12-24)20(23-4)11-16(13)17/h6-12,29,31H,13-16H2,1-5H3;2*6-12,29-30H,13-16H2,1-5H3;5-11,24H,12H2,1-4H3. The van der Waals surface area contributed by atoms with E-state index in [4.69, 9.17) is 9.47 Å². The van der Waals surface area contributed by atoms with Crippen molar-refractivity contribution in [2.45, 2.75) is 217 Å². The van der Waals surface area contributed by atoms with Gasteiger partial charge in [-0.15, -0.1) is 23.5 Å². The lowest BCUT2D eigenvalue weighted by atomic mass is 9.52. The van der Waals surface area contributed by atoms with Crippen molar-refractivity contribution in [2.75, 3.05) is 26.7 Å². The van der Waals surface area contributed by atoms with Crippen molar-refractivity contribution in [1.29, 1.82) is 0 Å². The largest absolute Gasteiger partial charge is 0.507 e. The predicted molar refractivity (Wildman–Crippen MR) is 507 cm³/mol. The first kappa shape index (κ1) is 83.1. The van der Waals surface area contributed by atoms with Gasteiger partial charge in [-0.2, -0.15) is 37.9 Å². The lowest BCUT2D eigenvalue weighted by Gasteiger charge is -2.51. The molecule has 117 heavy (non-hydrogen) atoms. The smallest absolute Gasteiger partial charge is 0.123 e. The Morgan fingerprint density at radius 1 is 0.316 bits per heavy atom. The molecule has 11 heteroatoms. The van der Waals surface area contributed by atoms with E-state index in [0.29, 0.717) is 34.5 Å². The Morgan fingerprint density at radius 3 is 0.932 bits per heavy atom. The van der Waals surface area contributed by atoms with Gasteiger partial charge in [-0.1, -0.05) is 200 Å². The van der Waals surface area contributed by atoms with Crippen molar-refractivity contribution in [3.8, 4) is 73.3 Å². The molecule has 608 valence electrons. The molecule has 0 heterocycles. The molecule has 12 aromatic rings. The third kappa shape index (κ3) is 13.8. The van der Waals surface area contributed by atoms with Gasteiger partial charge in [0.05, 0.1) is 20.8 Å². The van der Waals surface area contributed by atoms with Crippen molar-refractivity contribution < 1.29 is 29.9 Å². The predicted octanol–water partition coefficient (Wildman–Crippen LogP) is 28.8. The van der Waals surface area contributed by atoms with E-state index in [0.717, 1.165) is 98.5 Å². The summed E-state index contributed by atoms with van der Waals surface area (Å²) < 4.78 is 11.2. The second-order valence-corrected chi connectivity index (χ2v) is 43.3. The average molecular weight is 1650 g/mol. The van der Waals surface area contributed by atoms with Gasteiger partial charge >= 0.3 is 0 Å². The number of thioether (sulfide) groups is 2. The highest BCUT2D eigenvalue weighted by Gasteiger charge is 2.57. The summed E-state index contributed by atoms with van der Waals surface area (Å²) in [5.41, 5.74) is 28.3. The van der Waals surface area contributed by atoms with Crippen LogP contribution >= 0.6 is 61.4 Å². The zero-order valence-corrected chi connectivity index (χ0v) is 76.4. The van der Waals surface area contributed by atoms with E-state index < -0.39 is 0 Å². The SMILES string of the molecule is COc1cc2c(C)cc3c(c2cc1CS)-c1ccccc1C3(C)C.COc1cc2c(O)cc3c(c2cc1CS)-c1ccccc1C31CC(C)(C)CC(C)(C)C1.CSc1cc2c(O)cc3c(c2cc1CO)-c1ccccc1C31CC(C)(C)CC(C)(C)C1.CSc1cc2c(O)cc3c(c2cc1CS)-c1ccccc1C31CC(C)(C)CC(C)(C)C1. The Balaban J connectivity index is 0.000000117. The molecule has 0 unspecified atom stereocenters. The fraction of sp³-hybridized carbons (Fsp3) is 0.396. The van der Waals surface area contributed by atoms with Crippen LogP contribution in [0.4, 0.5) is 0 Å². The molecular formula is C106H118O6S5. The van der Waals surface area contributed by atoms with Crippen LogP contribution in [0.15, 0.2) is 180 Å². The average Bonchev–Trinajstić information content (AvgIpc) is 1.56. The molecule has 0 aromatic heterocycles. The minimum Gasteiger partial charge on any atom is -0.507 e. The fourth-order valence-electron chi connectivity index (χ4n) is 25.8. The van der Waals surface area contributed by atoms with Gasteiger partial charge in [0, 0.05) is 76.0 Å². The molecule has 4 N–H and O–H groups in total. The molecule has 12 aromatic carbocycles. The molecule has 7 aliphatic rings. The summed E-state index contributed by atoms with van der Waals surface area (Å²) in [5.74, 6) is 4.76. The van der Waals surface area contributed by atoms with Crippen LogP contribution < -0.4 is 9.47 Å². The number of thiol groups is 3. The molecule has 0 saturated heterocycles. The van der Waals surface area contributed by atoms with Gasteiger partial charge in [0.15, 0.2) is 0 Å². The Labute approximate surface area is 720 Å². The molecule has 0 bridgehead atoms. The first-order chi connectivity index (χ1) is 55.3. The Morgan fingerprint density at radius 2 is 0.598 bits per heavy atom. The number of ether oxygens (including phenoxy) is 2. The van der Waals surface area contributed by atoms with Crippen molar-refractivity contribution in [3.05, 3.63) is 242 Å². The van der Waals surface area contributed by atoms with E-state index in [1.807, 2.05) is 18.4 Å². The first-order valence-corrected chi connectivity index (χ1v) is 46.2. The molecule has 0 atom stereocenters. The van der Waals surface area contributed by atoms with Crippen LogP contribution in [0.1, 0.15) is 227 Å². The quantitative estimate of drug-likeness (QED) is 0.0597. The molecule has 0 aliphatic heterocycles. The van der Waals surface area contributed by atoms with Gasteiger partial charge in [0.25, 0.3) is 0 Å². The zero-order valence-electron chi connectivity index (χ0n) is 72.1. The van der Waals surface area contributed by atoms with Crippen molar-refractivity contribution in [1.82, 2.24) is 0 Å². The second kappa shape index (κ2) is 29.6. The first-order valence-electron chi connectivity index (χ1n) is 41.9. The van der Waals surface area contributed by atoms with E-state index in [1.54, 1.807) is 37.7 Å². The zero-order chi connectivity index (χ0) is 83.6. The van der Waals surface area contributed by atoms with Gasteiger partial charge in [0.2, 0.25) is 0 Å². The van der Waals surface area contributed by atoms with Crippen molar-refractivity contribution >= 4 is 104 Å². The summed E-state index contributed by atoms with van der Waals surface area (Å²) in [7, 11) is 3.41. The summed E-state index contributed by atoms with van der Waals surface area (Å²) in [5, 5.41) is 52.3. The second-order valence-electron chi connectivity index (χ2n) is 40.7. The number of aryl methyl sites for hydroxylation is 1. The van der Waals surface area contributed by atoms with Crippen molar-refractivity contribution in [3.63, 3.8) is 0 Å². The molecule has 7 aliphatic carbocycles. The molecule has 0 amide bonds. The number of phenolic OH excluding ortho intramolecular Hbond substituents is 3. The van der Waals surface area contributed by atoms with Crippen LogP contribution in [-0.4, -0.2) is 47.2 Å². The maximum absolute atomic E-state index is 11.2. The Bertz CT molecular complexity index is 5550. The number of aliphatic hydroxyl groups excluding tert-OH is 1. The molecule has 0 radical (unpaired) electrons. The Hall–Kier alpha value is -7.61. The van der Waals surface area contributed by atoms with E-state index in [9.17, 15) is 20.4 Å². The number of phenols is 3. The molecular weight excluding hydrogens is 1530 g/mol. The van der Waals surface area contributed by atoms with Crippen molar-refractivity contribution in [2.24, 2.45) is 32.5 Å². The number of rotatable bonds is 8. The highest BCUT2D eigenvalue weighted by molar-refractivity contribution is 7.99. The highest BCUT2D eigenvalue weighted by atomic mass is 32.2. The maximum Gasteiger partial charge on any atom is 0.123 e. The highest BCUT2D eigenvalue weighted by Crippen LogP contribution is 2.69. The molecule has 6 nitrogen and oxygen atoms in total. The molecule has 3 spiro atoms. The fourth-order valence-corrected chi connectivity index (χ4v) is 27.9. The number of aliphatic hydroxyl groups is 1. The van der Waals surface area contributed by atoms with Crippen LogP contribution in [0.2, 0.25) is 0 Å². The topological polar surface area (TPSA) is 99.4 Å². The van der Waals surface area contributed by atoms with Crippen LogP contribution in [0, 0.1) is 39.4 Å².